The van der Waals surface area contributed by atoms with Crippen molar-refractivity contribution in [2.24, 2.45) is 5.41 Å². The maximum atomic E-state index is 3.49. The van der Waals surface area contributed by atoms with Crippen molar-refractivity contribution in [2.45, 2.75) is 39.5 Å². The van der Waals surface area contributed by atoms with E-state index < -0.39 is 0 Å². The van der Waals surface area contributed by atoms with E-state index in [0.717, 1.165) is 13.1 Å². The normalized spacial score (nSPS) is 22.4. The SMILES string of the molecule is Cc1ccc(C(C)(C)CN(C)CC2(C)CCNC2)cc1.Cl. The Morgan fingerprint density at radius 1 is 1.24 bits per heavy atom. The molecular formula is C18H31ClN2. The molecule has 1 aliphatic rings. The molecule has 1 N–H and O–H groups in total. The van der Waals surface area contributed by atoms with Gasteiger partial charge in [0.05, 0.1) is 0 Å². The fourth-order valence-electron chi connectivity index (χ4n) is 3.48. The number of likely N-dealkylation sites (N-methyl/N-ethyl adjacent to an activating group) is 1. The van der Waals surface area contributed by atoms with Crippen LogP contribution in [0.2, 0.25) is 0 Å². The van der Waals surface area contributed by atoms with Crippen LogP contribution in [0.4, 0.5) is 0 Å². The van der Waals surface area contributed by atoms with E-state index in [1.165, 1.54) is 30.6 Å². The Morgan fingerprint density at radius 2 is 1.86 bits per heavy atom. The number of nitrogens with zero attached hydrogens (tertiary/aromatic N) is 1. The Balaban J connectivity index is 0.00000220. The first kappa shape index (κ1) is 18.5. The van der Waals surface area contributed by atoms with E-state index in [2.05, 4.69) is 69.2 Å². The second-order valence-corrected chi connectivity index (χ2v) is 7.66. The highest BCUT2D eigenvalue weighted by molar-refractivity contribution is 5.85. The lowest BCUT2D eigenvalue weighted by Gasteiger charge is -2.35. The van der Waals surface area contributed by atoms with Crippen molar-refractivity contribution in [1.82, 2.24) is 10.2 Å². The zero-order valence-electron chi connectivity index (χ0n) is 14.2. The van der Waals surface area contributed by atoms with Crippen LogP contribution in [0.5, 0.6) is 0 Å². The summed E-state index contributed by atoms with van der Waals surface area (Å²) >= 11 is 0. The van der Waals surface area contributed by atoms with Gasteiger partial charge in [0, 0.05) is 25.0 Å². The lowest BCUT2D eigenvalue weighted by Crippen LogP contribution is -2.41. The molecule has 2 nitrogen and oxygen atoms in total. The topological polar surface area (TPSA) is 15.3 Å². The summed E-state index contributed by atoms with van der Waals surface area (Å²) < 4.78 is 0. The van der Waals surface area contributed by atoms with Crippen LogP contribution in [-0.4, -0.2) is 38.1 Å². The van der Waals surface area contributed by atoms with Crippen molar-refractivity contribution in [3.63, 3.8) is 0 Å². The summed E-state index contributed by atoms with van der Waals surface area (Å²) in [6, 6.07) is 9.00. The second-order valence-electron chi connectivity index (χ2n) is 7.66. The van der Waals surface area contributed by atoms with Gasteiger partial charge in [-0.25, -0.2) is 0 Å². The van der Waals surface area contributed by atoms with Gasteiger partial charge in [0.15, 0.2) is 0 Å². The molecule has 1 heterocycles. The molecule has 1 aromatic carbocycles. The number of hydrogen-bond acceptors (Lipinski definition) is 2. The summed E-state index contributed by atoms with van der Waals surface area (Å²) in [5, 5.41) is 3.49. The number of halogens is 1. The standard InChI is InChI=1S/C18H30N2.ClH/c1-15-6-8-16(9-7-15)17(2,3)13-20(5)14-18(4)10-11-19-12-18;/h6-9,19H,10-14H2,1-5H3;1H. The molecule has 0 aromatic heterocycles. The van der Waals surface area contributed by atoms with Crippen molar-refractivity contribution in [3.8, 4) is 0 Å². The fraction of sp³-hybridized carbons (Fsp3) is 0.667. The molecule has 1 aromatic rings. The van der Waals surface area contributed by atoms with Crippen LogP contribution < -0.4 is 5.32 Å². The number of nitrogens with one attached hydrogen (secondary N) is 1. The average Bonchev–Trinajstić information content (AvgIpc) is 2.75. The summed E-state index contributed by atoms with van der Waals surface area (Å²) in [4.78, 5) is 2.51. The highest BCUT2D eigenvalue weighted by Gasteiger charge is 2.31. The molecule has 0 spiro atoms. The van der Waals surface area contributed by atoms with Gasteiger partial charge in [-0.2, -0.15) is 0 Å². The molecule has 21 heavy (non-hydrogen) atoms. The Morgan fingerprint density at radius 3 is 2.38 bits per heavy atom. The number of rotatable bonds is 5. The third kappa shape index (κ3) is 4.98. The first-order valence-electron chi connectivity index (χ1n) is 7.77. The number of aryl methyl sites for hydroxylation is 1. The minimum absolute atomic E-state index is 0. The molecular weight excluding hydrogens is 280 g/mol. The lowest BCUT2D eigenvalue weighted by molar-refractivity contribution is 0.181. The molecule has 1 aliphatic heterocycles. The molecule has 0 radical (unpaired) electrons. The fourth-order valence-corrected chi connectivity index (χ4v) is 3.48. The molecule has 1 saturated heterocycles. The summed E-state index contributed by atoms with van der Waals surface area (Å²) in [5.74, 6) is 0. The van der Waals surface area contributed by atoms with Crippen LogP contribution in [-0.2, 0) is 5.41 Å². The summed E-state index contributed by atoms with van der Waals surface area (Å²) in [6.45, 7) is 13.9. The largest absolute Gasteiger partial charge is 0.316 e. The van der Waals surface area contributed by atoms with E-state index in [1.807, 2.05) is 0 Å². The number of hydrogen-bond donors (Lipinski definition) is 1. The molecule has 0 aliphatic carbocycles. The Labute approximate surface area is 136 Å². The van der Waals surface area contributed by atoms with E-state index in [0.29, 0.717) is 5.41 Å². The zero-order chi connectivity index (χ0) is 14.8. The van der Waals surface area contributed by atoms with Crippen LogP contribution in [0.3, 0.4) is 0 Å². The van der Waals surface area contributed by atoms with Gasteiger partial charge in [-0.15, -0.1) is 12.4 Å². The molecule has 1 fully saturated rings. The first-order chi connectivity index (χ1) is 9.31. The van der Waals surface area contributed by atoms with E-state index in [1.54, 1.807) is 0 Å². The quantitative estimate of drug-likeness (QED) is 0.893. The van der Waals surface area contributed by atoms with E-state index >= 15 is 0 Å². The van der Waals surface area contributed by atoms with Crippen LogP contribution in [0.1, 0.15) is 38.3 Å². The molecule has 1 unspecified atom stereocenters. The van der Waals surface area contributed by atoms with Crippen molar-refractivity contribution in [3.05, 3.63) is 35.4 Å². The van der Waals surface area contributed by atoms with Crippen LogP contribution in [0.25, 0.3) is 0 Å². The summed E-state index contributed by atoms with van der Waals surface area (Å²) in [5.41, 5.74) is 3.41. The van der Waals surface area contributed by atoms with Gasteiger partial charge in [0.1, 0.15) is 0 Å². The van der Waals surface area contributed by atoms with Crippen LogP contribution in [0.15, 0.2) is 24.3 Å². The third-order valence-electron chi connectivity index (χ3n) is 4.61. The van der Waals surface area contributed by atoms with E-state index in [4.69, 9.17) is 0 Å². The molecule has 0 amide bonds. The molecule has 1 atom stereocenters. The van der Waals surface area contributed by atoms with E-state index in [9.17, 15) is 0 Å². The van der Waals surface area contributed by atoms with Crippen molar-refractivity contribution >= 4 is 12.4 Å². The zero-order valence-corrected chi connectivity index (χ0v) is 15.0. The minimum atomic E-state index is 0. The van der Waals surface area contributed by atoms with Gasteiger partial charge in [-0.05, 0) is 37.9 Å². The Kier molecular flexibility index (Phi) is 6.27. The monoisotopic (exact) mass is 310 g/mol. The van der Waals surface area contributed by atoms with Gasteiger partial charge >= 0.3 is 0 Å². The summed E-state index contributed by atoms with van der Waals surface area (Å²) in [7, 11) is 2.26. The first-order valence-corrected chi connectivity index (χ1v) is 7.77. The van der Waals surface area contributed by atoms with Gasteiger partial charge in [0.25, 0.3) is 0 Å². The average molecular weight is 311 g/mol. The molecule has 0 saturated carbocycles. The minimum Gasteiger partial charge on any atom is -0.316 e. The molecule has 3 heteroatoms. The highest BCUT2D eigenvalue weighted by atomic mass is 35.5. The Bertz CT molecular complexity index is 433. The lowest BCUT2D eigenvalue weighted by atomic mass is 9.82. The Hall–Kier alpha value is -0.570. The predicted molar refractivity (Wildman–Crippen MR) is 94.5 cm³/mol. The summed E-state index contributed by atoms with van der Waals surface area (Å²) in [6.07, 6.45) is 1.29. The highest BCUT2D eigenvalue weighted by Crippen LogP contribution is 2.28. The molecule has 120 valence electrons. The van der Waals surface area contributed by atoms with Gasteiger partial charge in [-0.1, -0.05) is 50.6 Å². The van der Waals surface area contributed by atoms with Crippen molar-refractivity contribution < 1.29 is 0 Å². The van der Waals surface area contributed by atoms with Crippen molar-refractivity contribution in [1.29, 1.82) is 0 Å². The van der Waals surface area contributed by atoms with Crippen molar-refractivity contribution in [2.75, 3.05) is 33.2 Å². The smallest absolute Gasteiger partial charge is 0.00705 e. The van der Waals surface area contributed by atoms with Gasteiger partial charge in [-0.3, -0.25) is 0 Å². The maximum Gasteiger partial charge on any atom is 0.00705 e. The predicted octanol–water partition coefficient (Wildman–Crippen LogP) is 3.63. The van der Waals surface area contributed by atoms with Gasteiger partial charge < -0.3 is 10.2 Å². The molecule has 0 bridgehead atoms. The number of benzene rings is 1. The van der Waals surface area contributed by atoms with Gasteiger partial charge in [0.2, 0.25) is 0 Å². The van der Waals surface area contributed by atoms with E-state index in [-0.39, 0.29) is 17.8 Å². The second kappa shape index (κ2) is 7.13. The van der Waals surface area contributed by atoms with Crippen LogP contribution in [0, 0.1) is 12.3 Å². The van der Waals surface area contributed by atoms with Crippen LogP contribution >= 0.6 is 12.4 Å². The third-order valence-corrected chi connectivity index (χ3v) is 4.61. The maximum absolute atomic E-state index is 3.49. The molecule has 2 rings (SSSR count).